The van der Waals surface area contributed by atoms with E-state index >= 15 is 0 Å². The molecule has 1 aromatic heterocycles. The van der Waals surface area contributed by atoms with Gasteiger partial charge in [-0.2, -0.15) is 0 Å². The van der Waals surface area contributed by atoms with E-state index in [1.54, 1.807) is 7.11 Å². The summed E-state index contributed by atoms with van der Waals surface area (Å²) in [6.45, 7) is 3.27. The number of rotatable bonds is 5. The number of carbonyl (C=O) groups excluding carboxylic acids is 1. The van der Waals surface area contributed by atoms with Crippen molar-refractivity contribution < 1.29 is 14.3 Å². The zero-order valence-electron chi connectivity index (χ0n) is 14.1. The molecule has 1 fully saturated rings. The highest BCUT2D eigenvalue weighted by atomic mass is 16.5. The second-order valence-electron chi connectivity index (χ2n) is 6.01. The Hall–Kier alpha value is -2.56. The first-order chi connectivity index (χ1) is 11.6. The average molecular weight is 326 g/mol. The van der Waals surface area contributed by atoms with Gasteiger partial charge in [0.15, 0.2) is 0 Å². The summed E-state index contributed by atoms with van der Waals surface area (Å²) < 4.78 is 11.1. The number of pyridine rings is 1. The van der Waals surface area contributed by atoms with Gasteiger partial charge in [-0.1, -0.05) is 18.2 Å². The number of methoxy groups -OCH3 is 1. The van der Waals surface area contributed by atoms with Crippen LogP contribution in [0.15, 0.2) is 42.5 Å². The minimum Gasteiger partial charge on any atom is -0.497 e. The molecular formula is C19H22N2O3. The standard InChI is InChI=1S/C19H22N2O3/c1-14-5-3-8-18(20-14)24-17-9-10-21(13-17)19(22)12-15-6-4-7-16(11-15)23-2/h3-8,11,17H,9-10,12-13H2,1-2H3. The SMILES string of the molecule is COc1cccc(CC(=O)N2CCC(Oc3cccc(C)n3)C2)c1. The maximum atomic E-state index is 12.5. The quantitative estimate of drug-likeness (QED) is 0.847. The van der Waals surface area contributed by atoms with Crippen molar-refractivity contribution in [3.8, 4) is 11.6 Å². The van der Waals surface area contributed by atoms with Gasteiger partial charge in [0.25, 0.3) is 0 Å². The number of likely N-dealkylation sites (tertiary alicyclic amines) is 1. The van der Waals surface area contributed by atoms with Gasteiger partial charge in [0.2, 0.25) is 11.8 Å². The van der Waals surface area contributed by atoms with Crippen LogP contribution in [0, 0.1) is 6.92 Å². The van der Waals surface area contributed by atoms with E-state index in [4.69, 9.17) is 9.47 Å². The third-order valence-electron chi connectivity index (χ3n) is 4.14. The van der Waals surface area contributed by atoms with E-state index in [-0.39, 0.29) is 12.0 Å². The van der Waals surface area contributed by atoms with Crippen LogP contribution in [-0.4, -0.2) is 42.1 Å². The number of benzene rings is 1. The molecule has 126 valence electrons. The van der Waals surface area contributed by atoms with E-state index < -0.39 is 0 Å². The zero-order valence-corrected chi connectivity index (χ0v) is 14.1. The van der Waals surface area contributed by atoms with Gasteiger partial charge in [-0.3, -0.25) is 4.79 Å². The molecule has 0 saturated carbocycles. The topological polar surface area (TPSA) is 51.7 Å². The molecule has 0 spiro atoms. The summed E-state index contributed by atoms with van der Waals surface area (Å²) in [6.07, 6.45) is 1.22. The average Bonchev–Trinajstić information content (AvgIpc) is 3.04. The summed E-state index contributed by atoms with van der Waals surface area (Å²) in [4.78, 5) is 18.7. The van der Waals surface area contributed by atoms with Crippen molar-refractivity contribution in [2.75, 3.05) is 20.2 Å². The molecule has 24 heavy (non-hydrogen) atoms. The van der Waals surface area contributed by atoms with E-state index in [2.05, 4.69) is 4.98 Å². The second-order valence-corrected chi connectivity index (χ2v) is 6.01. The van der Waals surface area contributed by atoms with Gasteiger partial charge < -0.3 is 14.4 Å². The molecule has 0 N–H and O–H groups in total. The van der Waals surface area contributed by atoms with Crippen LogP contribution in [0.3, 0.4) is 0 Å². The highest BCUT2D eigenvalue weighted by molar-refractivity contribution is 5.79. The number of hydrogen-bond acceptors (Lipinski definition) is 4. The molecular weight excluding hydrogens is 304 g/mol. The lowest BCUT2D eigenvalue weighted by Gasteiger charge is -2.17. The Kier molecular flexibility index (Phi) is 4.99. The number of nitrogens with zero attached hydrogens (tertiary/aromatic N) is 2. The van der Waals surface area contributed by atoms with Crippen molar-refractivity contribution in [1.82, 2.24) is 9.88 Å². The monoisotopic (exact) mass is 326 g/mol. The maximum absolute atomic E-state index is 12.5. The lowest BCUT2D eigenvalue weighted by Crippen LogP contribution is -2.32. The lowest BCUT2D eigenvalue weighted by molar-refractivity contribution is -0.129. The maximum Gasteiger partial charge on any atom is 0.227 e. The Morgan fingerprint density at radius 1 is 1.29 bits per heavy atom. The van der Waals surface area contributed by atoms with Crippen molar-refractivity contribution in [2.24, 2.45) is 0 Å². The number of aromatic nitrogens is 1. The molecule has 1 amide bonds. The molecule has 1 saturated heterocycles. The summed E-state index contributed by atoms with van der Waals surface area (Å²) in [5.41, 5.74) is 1.89. The number of carbonyl (C=O) groups is 1. The largest absolute Gasteiger partial charge is 0.497 e. The lowest BCUT2D eigenvalue weighted by atomic mass is 10.1. The van der Waals surface area contributed by atoms with Crippen LogP contribution in [0.1, 0.15) is 17.7 Å². The summed E-state index contributed by atoms with van der Waals surface area (Å²) >= 11 is 0. The molecule has 2 aromatic rings. The molecule has 1 aliphatic heterocycles. The first-order valence-electron chi connectivity index (χ1n) is 8.15. The molecule has 3 rings (SSSR count). The molecule has 0 radical (unpaired) electrons. The number of hydrogen-bond donors (Lipinski definition) is 0. The molecule has 1 atom stereocenters. The predicted octanol–water partition coefficient (Wildman–Crippen LogP) is 2.62. The third-order valence-corrected chi connectivity index (χ3v) is 4.14. The van der Waals surface area contributed by atoms with Gasteiger partial charge in [0.1, 0.15) is 11.9 Å². The van der Waals surface area contributed by atoms with E-state index in [1.807, 2.05) is 54.3 Å². The van der Waals surface area contributed by atoms with Gasteiger partial charge in [-0.15, -0.1) is 0 Å². The fourth-order valence-electron chi connectivity index (χ4n) is 2.87. The smallest absolute Gasteiger partial charge is 0.227 e. The van der Waals surface area contributed by atoms with Crippen molar-refractivity contribution in [3.05, 3.63) is 53.7 Å². The van der Waals surface area contributed by atoms with Gasteiger partial charge >= 0.3 is 0 Å². The number of amides is 1. The van der Waals surface area contributed by atoms with E-state index in [0.717, 1.165) is 30.0 Å². The van der Waals surface area contributed by atoms with E-state index in [1.165, 1.54) is 0 Å². The molecule has 5 nitrogen and oxygen atoms in total. The first-order valence-corrected chi connectivity index (χ1v) is 8.15. The molecule has 1 aromatic carbocycles. The van der Waals surface area contributed by atoms with Gasteiger partial charge in [-0.05, 0) is 30.7 Å². The van der Waals surface area contributed by atoms with Crippen molar-refractivity contribution in [2.45, 2.75) is 25.9 Å². The molecule has 5 heteroatoms. The minimum absolute atomic E-state index is 0.00793. The van der Waals surface area contributed by atoms with Gasteiger partial charge in [0, 0.05) is 24.7 Å². The van der Waals surface area contributed by atoms with Crippen molar-refractivity contribution >= 4 is 5.91 Å². The van der Waals surface area contributed by atoms with Crippen LogP contribution in [0.4, 0.5) is 0 Å². The molecule has 0 aliphatic carbocycles. The minimum atomic E-state index is 0.00793. The van der Waals surface area contributed by atoms with Crippen LogP contribution in [-0.2, 0) is 11.2 Å². The summed E-state index contributed by atoms with van der Waals surface area (Å²) in [6, 6.07) is 13.3. The summed E-state index contributed by atoms with van der Waals surface area (Å²) in [7, 11) is 1.63. The highest BCUT2D eigenvalue weighted by Gasteiger charge is 2.27. The fraction of sp³-hybridized carbons (Fsp3) is 0.368. The molecule has 2 heterocycles. The van der Waals surface area contributed by atoms with Crippen LogP contribution < -0.4 is 9.47 Å². The number of aryl methyl sites for hydroxylation is 1. The predicted molar refractivity (Wildman–Crippen MR) is 91.3 cm³/mol. The highest BCUT2D eigenvalue weighted by Crippen LogP contribution is 2.19. The van der Waals surface area contributed by atoms with Crippen LogP contribution >= 0.6 is 0 Å². The van der Waals surface area contributed by atoms with E-state index in [9.17, 15) is 4.79 Å². The normalized spacial score (nSPS) is 16.9. The van der Waals surface area contributed by atoms with E-state index in [0.29, 0.717) is 18.8 Å². The van der Waals surface area contributed by atoms with Crippen LogP contribution in [0.2, 0.25) is 0 Å². The van der Waals surface area contributed by atoms with Crippen LogP contribution in [0.25, 0.3) is 0 Å². The second kappa shape index (κ2) is 7.34. The Morgan fingerprint density at radius 3 is 2.92 bits per heavy atom. The number of ether oxygens (including phenoxy) is 2. The van der Waals surface area contributed by atoms with Crippen molar-refractivity contribution in [3.63, 3.8) is 0 Å². The molecule has 1 aliphatic rings. The fourth-order valence-corrected chi connectivity index (χ4v) is 2.87. The summed E-state index contributed by atoms with van der Waals surface area (Å²) in [5, 5.41) is 0. The van der Waals surface area contributed by atoms with Crippen molar-refractivity contribution in [1.29, 1.82) is 0 Å². The third kappa shape index (κ3) is 4.04. The molecule has 1 unspecified atom stereocenters. The Balaban J connectivity index is 1.55. The Labute approximate surface area is 142 Å². The first kappa shape index (κ1) is 16.3. The van der Waals surface area contributed by atoms with Crippen LogP contribution in [0.5, 0.6) is 11.6 Å². The van der Waals surface area contributed by atoms with Gasteiger partial charge in [0.05, 0.1) is 20.1 Å². The molecule has 0 bridgehead atoms. The van der Waals surface area contributed by atoms with Gasteiger partial charge in [-0.25, -0.2) is 4.98 Å². The zero-order chi connectivity index (χ0) is 16.9. The Morgan fingerprint density at radius 2 is 2.12 bits per heavy atom. The Bertz CT molecular complexity index is 717. The summed E-state index contributed by atoms with van der Waals surface area (Å²) in [5.74, 6) is 1.52.